The number of esters is 1. The van der Waals surface area contributed by atoms with Gasteiger partial charge in [0.2, 0.25) is 0 Å². The fourth-order valence-corrected chi connectivity index (χ4v) is 5.01. The van der Waals surface area contributed by atoms with Gasteiger partial charge >= 0.3 is 5.97 Å². The maximum absolute atomic E-state index is 13.7. The molecule has 1 aliphatic rings. The van der Waals surface area contributed by atoms with Crippen molar-refractivity contribution < 1.29 is 28.5 Å². The van der Waals surface area contributed by atoms with Crippen LogP contribution in [0, 0.1) is 0 Å². The number of carbonyl (C=O) groups is 2. The molecule has 0 amide bonds. The molecule has 1 heterocycles. The van der Waals surface area contributed by atoms with Gasteiger partial charge in [-0.1, -0.05) is 59.6 Å². The lowest BCUT2D eigenvalue weighted by Gasteiger charge is -2.28. The van der Waals surface area contributed by atoms with Crippen molar-refractivity contribution in [3.63, 3.8) is 0 Å². The number of methoxy groups -OCH3 is 1. The lowest BCUT2D eigenvalue weighted by molar-refractivity contribution is -0.139. The van der Waals surface area contributed by atoms with Crippen molar-refractivity contribution in [2.24, 2.45) is 0 Å². The fourth-order valence-electron chi connectivity index (χ4n) is 4.63. The molecule has 0 bridgehead atoms. The molecular formula is C31H32Cl2O6. The van der Waals surface area contributed by atoms with Crippen LogP contribution in [0.15, 0.2) is 60.7 Å². The molecule has 2 atom stereocenters. The minimum Gasteiger partial charge on any atom is -0.489 e. The monoisotopic (exact) mass is 570 g/mol. The van der Waals surface area contributed by atoms with Crippen molar-refractivity contribution in [2.45, 2.75) is 64.4 Å². The summed E-state index contributed by atoms with van der Waals surface area (Å²) in [5.74, 6) is 0.0909. The van der Waals surface area contributed by atoms with Gasteiger partial charge in [-0.15, -0.1) is 0 Å². The van der Waals surface area contributed by atoms with Gasteiger partial charge < -0.3 is 18.9 Å². The predicted octanol–water partition coefficient (Wildman–Crippen LogP) is 7.40. The molecule has 0 aliphatic carbocycles. The largest absolute Gasteiger partial charge is 0.489 e. The summed E-state index contributed by atoms with van der Waals surface area (Å²) in [5, 5.41) is 1.13. The maximum atomic E-state index is 13.7. The minimum atomic E-state index is -0.480. The first-order chi connectivity index (χ1) is 18.8. The summed E-state index contributed by atoms with van der Waals surface area (Å²) in [6.45, 7) is 2.34. The first kappa shape index (κ1) is 28.9. The summed E-state index contributed by atoms with van der Waals surface area (Å²) in [5.41, 5.74) is 2.34. The van der Waals surface area contributed by atoms with E-state index in [1.54, 1.807) is 24.3 Å². The van der Waals surface area contributed by atoms with Crippen LogP contribution in [0.2, 0.25) is 10.0 Å². The lowest BCUT2D eigenvalue weighted by atomic mass is 9.93. The van der Waals surface area contributed by atoms with Crippen molar-refractivity contribution in [1.82, 2.24) is 0 Å². The van der Waals surface area contributed by atoms with Gasteiger partial charge in [0.15, 0.2) is 5.78 Å². The Hall–Kier alpha value is -3.06. The second kappa shape index (κ2) is 13.8. The predicted molar refractivity (Wildman–Crippen MR) is 151 cm³/mol. The summed E-state index contributed by atoms with van der Waals surface area (Å²) < 4.78 is 23.2. The van der Waals surface area contributed by atoms with Crippen LogP contribution in [-0.2, 0) is 33.9 Å². The summed E-state index contributed by atoms with van der Waals surface area (Å²) in [6.07, 6.45) is 2.74. The topological polar surface area (TPSA) is 71.1 Å². The van der Waals surface area contributed by atoms with Gasteiger partial charge in [0.05, 0.1) is 31.3 Å². The highest BCUT2D eigenvalue weighted by molar-refractivity contribution is 6.31. The molecule has 0 unspecified atom stereocenters. The van der Waals surface area contributed by atoms with Crippen LogP contribution in [0.1, 0.15) is 59.7 Å². The van der Waals surface area contributed by atoms with Crippen molar-refractivity contribution in [3.8, 4) is 11.5 Å². The number of ether oxygens (including phenoxy) is 4. The Bertz CT molecular complexity index is 1310. The molecule has 3 aromatic rings. The number of hydrogen-bond donors (Lipinski definition) is 0. The van der Waals surface area contributed by atoms with Crippen molar-refractivity contribution >= 4 is 35.0 Å². The molecule has 39 heavy (non-hydrogen) atoms. The van der Waals surface area contributed by atoms with E-state index in [0.29, 0.717) is 32.7 Å². The van der Waals surface area contributed by atoms with Gasteiger partial charge in [-0.25, -0.2) is 0 Å². The van der Waals surface area contributed by atoms with Crippen LogP contribution < -0.4 is 9.47 Å². The van der Waals surface area contributed by atoms with Crippen molar-refractivity contribution in [1.29, 1.82) is 0 Å². The summed E-state index contributed by atoms with van der Waals surface area (Å²) in [7, 11) is 1.31. The molecule has 206 valence electrons. The Balaban J connectivity index is 1.69. The Morgan fingerprint density at radius 3 is 2.15 bits per heavy atom. The van der Waals surface area contributed by atoms with E-state index in [4.69, 9.17) is 42.1 Å². The molecule has 0 saturated carbocycles. The molecular weight excluding hydrogens is 539 g/mol. The molecule has 0 aromatic heterocycles. The van der Waals surface area contributed by atoms with Crippen LogP contribution in [0.25, 0.3) is 0 Å². The van der Waals surface area contributed by atoms with Crippen LogP contribution >= 0.6 is 23.2 Å². The van der Waals surface area contributed by atoms with Gasteiger partial charge in [-0.05, 0) is 49.9 Å². The second-order valence-corrected chi connectivity index (χ2v) is 10.4. The van der Waals surface area contributed by atoms with E-state index in [2.05, 4.69) is 0 Å². The SMILES string of the molecule is COC(=O)Cc1cc(OCc2ccccc2Cl)cc(OCc2ccccc2Cl)c1C(=O)C[C@H]1CCC[C@@H](C)O1. The normalized spacial score (nSPS) is 16.9. The highest BCUT2D eigenvalue weighted by Gasteiger charge is 2.27. The van der Waals surface area contributed by atoms with E-state index in [9.17, 15) is 9.59 Å². The molecule has 1 fully saturated rings. The van der Waals surface area contributed by atoms with Crippen LogP contribution in [-0.4, -0.2) is 31.1 Å². The minimum absolute atomic E-state index is 0.0996. The van der Waals surface area contributed by atoms with Crippen LogP contribution in [0.5, 0.6) is 11.5 Å². The standard InChI is InChI=1S/C31H32Cl2O6/c1-20-8-7-11-24(39-20)16-28(34)31-23(15-30(35)36-2)14-25(37-18-21-9-3-5-12-26(21)32)17-29(31)38-19-22-10-4-6-13-27(22)33/h3-6,9-10,12-14,17,20,24H,7-8,11,15-16,18-19H2,1-2H3/t20-,24-/m1/s1. The van der Waals surface area contributed by atoms with E-state index in [0.717, 1.165) is 30.4 Å². The summed E-state index contributed by atoms with van der Waals surface area (Å²) in [4.78, 5) is 26.1. The third-order valence-electron chi connectivity index (χ3n) is 6.67. The van der Waals surface area contributed by atoms with Gasteiger partial charge in [0, 0.05) is 33.7 Å². The van der Waals surface area contributed by atoms with Crippen molar-refractivity contribution in [2.75, 3.05) is 7.11 Å². The van der Waals surface area contributed by atoms with Crippen molar-refractivity contribution in [3.05, 3.63) is 93.0 Å². The van der Waals surface area contributed by atoms with Crippen LogP contribution in [0.4, 0.5) is 0 Å². The fraction of sp³-hybridized carbons (Fsp3) is 0.355. The van der Waals surface area contributed by atoms with E-state index in [1.807, 2.05) is 43.3 Å². The number of Topliss-reactive ketones (excluding diaryl/α,β-unsaturated/α-hetero) is 1. The number of benzene rings is 3. The molecule has 1 aliphatic heterocycles. The third kappa shape index (κ3) is 7.98. The molecule has 6 nitrogen and oxygen atoms in total. The Kier molecular flexibility index (Phi) is 10.3. The zero-order valence-corrected chi connectivity index (χ0v) is 23.6. The number of halogens is 2. The highest BCUT2D eigenvalue weighted by atomic mass is 35.5. The smallest absolute Gasteiger partial charge is 0.310 e. The van der Waals surface area contributed by atoms with E-state index in [-0.39, 0.29) is 44.0 Å². The molecule has 8 heteroatoms. The molecule has 3 aromatic carbocycles. The number of rotatable bonds is 11. The van der Waals surface area contributed by atoms with Gasteiger partial charge in [-0.3, -0.25) is 9.59 Å². The molecule has 1 saturated heterocycles. The average molecular weight is 571 g/mol. The lowest BCUT2D eigenvalue weighted by Crippen LogP contribution is -2.28. The number of ketones is 1. The molecule has 0 spiro atoms. The Labute approximate surface area is 239 Å². The zero-order valence-electron chi connectivity index (χ0n) is 22.1. The first-order valence-electron chi connectivity index (χ1n) is 13.0. The molecule has 0 radical (unpaired) electrons. The Morgan fingerprint density at radius 1 is 0.897 bits per heavy atom. The van der Waals surface area contributed by atoms with E-state index in [1.165, 1.54) is 7.11 Å². The van der Waals surface area contributed by atoms with Gasteiger partial charge in [0.25, 0.3) is 0 Å². The van der Waals surface area contributed by atoms with Crippen LogP contribution in [0.3, 0.4) is 0 Å². The average Bonchev–Trinajstić information content (AvgIpc) is 2.92. The second-order valence-electron chi connectivity index (χ2n) is 9.60. The zero-order chi connectivity index (χ0) is 27.8. The number of hydrogen-bond acceptors (Lipinski definition) is 6. The summed E-state index contributed by atoms with van der Waals surface area (Å²) >= 11 is 12.7. The summed E-state index contributed by atoms with van der Waals surface area (Å²) in [6, 6.07) is 18.1. The quantitative estimate of drug-likeness (QED) is 0.177. The van der Waals surface area contributed by atoms with Gasteiger partial charge in [0.1, 0.15) is 24.7 Å². The molecule has 0 N–H and O–H groups in total. The highest BCUT2D eigenvalue weighted by Crippen LogP contribution is 2.34. The third-order valence-corrected chi connectivity index (χ3v) is 7.40. The number of carbonyl (C=O) groups excluding carboxylic acids is 2. The maximum Gasteiger partial charge on any atom is 0.310 e. The van der Waals surface area contributed by atoms with E-state index < -0.39 is 5.97 Å². The van der Waals surface area contributed by atoms with Gasteiger partial charge in [-0.2, -0.15) is 0 Å². The Morgan fingerprint density at radius 2 is 1.54 bits per heavy atom. The molecule has 4 rings (SSSR count). The first-order valence-corrected chi connectivity index (χ1v) is 13.7. The van der Waals surface area contributed by atoms with E-state index >= 15 is 0 Å².